The third-order valence-corrected chi connectivity index (χ3v) is 4.10. The highest BCUT2D eigenvalue weighted by molar-refractivity contribution is 14.0. The smallest absolute Gasteiger partial charge is 0.191 e. The van der Waals surface area contributed by atoms with Crippen molar-refractivity contribution in [3.8, 4) is 0 Å². The highest BCUT2D eigenvalue weighted by Gasteiger charge is 2.20. The molecule has 2 N–H and O–H groups in total. The Bertz CT molecular complexity index is 524. The summed E-state index contributed by atoms with van der Waals surface area (Å²) in [5, 5.41) is 6.54. The third kappa shape index (κ3) is 11.5. The molecule has 0 atom stereocenters. The van der Waals surface area contributed by atoms with Gasteiger partial charge in [-0.25, -0.2) is 4.39 Å². The molecule has 0 unspecified atom stereocenters. The van der Waals surface area contributed by atoms with Gasteiger partial charge in [-0.1, -0.05) is 39.3 Å². The van der Waals surface area contributed by atoms with Crippen LogP contribution in [0.4, 0.5) is 4.39 Å². The van der Waals surface area contributed by atoms with Gasteiger partial charge >= 0.3 is 0 Å². The molecule has 0 radical (unpaired) electrons. The molecule has 0 bridgehead atoms. The monoisotopic (exact) mass is 495 g/mol. The van der Waals surface area contributed by atoms with Crippen LogP contribution in [0, 0.1) is 5.82 Å². The maximum absolute atomic E-state index is 13.1. The van der Waals surface area contributed by atoms with Crippen LogP contribution in [-0.2, 0) is 14.9 Å². The second-order valence-electron chi connectivity index (χ2n) is 6.82. The molecule has 0 amide bonds. The fourth-order valence-electron chi connectivity index (χ4n) is 2.34. The SMILES string of the molecule is CCCCOCCOCCNC(=NC)NCC(C)(C)c1ccc(F)cc1.I. The van der Waals surface area contributed by atoms with E-state index in [1.54, 1.807) is 7.05 Å². The quantitative estimate of drug-likeness (QED) is 0.201. The first kappa shape index (κ1) is 26.1. The van der Waals surface area contributed by atoms with Crippen LogP contribution in [0.2, 0.25) is 0 Å². The second kappa shape index (κ2) is 15.0. The van der Waals surface area contributed by atoms with Crippen molar-refractivity contribution in [1.82, 2.24) is 10.6 Å². The highest BCUT2D eigenvalue weighted by Crippen LogP contribution is 2.22. The lowest BCUT2D eigenvalue weighted by Gasteiger charge is -2.26. The third-order valence-electron chi connectivity index (χ3n) is 4.10. The fourth-order valence-corrected chi connectivity index (χ4v) is 2.34. The molecule has 1 aromatic rings. The molecule has 156 valence electrons. The largest absolute Gasteiger partial charge is 0.379 e. The molecule has 0 spiro atoms. The van der Waals surface area contributed by atoms with Gasteiger partial charge in [-0.15, -0.1) is 24.0 Å². The Balaban J connectivity index is 0.00000676. The Labute approximate surface area is 180 Å². The number of nitrogens with one attached hydrogen (secondary N) is 2. The summed E-state index contributed by atoms with van der Waals surface area (Å²) in [7, 11) is 1.74. The maximum Gasteiger partial charge on any atom is 0.191 e. The molecule has 0 aromatic heterocycles. The predicted molar refractivity (Wildman–Crippen MR) is 121 cm³/mol. The zero-order chi connectivity index (χ0) is 19.3. The van der Waals surface area contributed by atoms with Gasteiger partial charge in [0.05, 0.1) is 19.8 Å². The molecule has 0 heterocycles. The van der Waals surface area contributed by atoms with Crippen molar-refractivity contribution in [3.63, 3.8) is 0 Å². The molecule has 5 nitrogen and oxygen atoms in total. The van der Waals surface area contributed by atoms with Crippen molar-refractivity contribution in [1.29, 1.82) is 0 Å². The van der Waals surface area contributed by atoms with Gasteiger partial charge in [0.2, 0.25) is 0 Å². The van der Waals surface area contributed by atoms with E-state index < -0.39 is 0 Å². The first-order valence-electron chi connectivity index (χ1n) is 9.35. The normalized spacial score (nSPS) is 11.8. The van der Waals surface area contributed by atoms with Crippen LogP contribution in [0.3, 0.4) is 0 Å². The van der Waals surface area contributed by atoms with E-state index >= 15 is 0 Å². The van der Waals surface area contributed by atoms with Gasteiger partial charge in [-0.2, -0.15) is 0 Å². The second-order valence-corrected chi connectivity index (χ2v) is 6.82. The van der Waals surface area contributed by atoms with Gasteiger partial charge in [0.1, 0.15) is 5.82 Å². The van der Waals surface area contributed by atoms with Crippen molar-refractivity contribution < 1.29 is 13.9 Å². The van der Waals surface area contributed by atoms with E-state index in [0.717, 1.165) is 31.0 Å². The molecule has 0 aliphatic rings. The summed E-state index contributed by atoms with van der Waals surface area (Å²) in [6.45, 7) is 10.4. The van der Waals surface area contributed by atoms with E-state index in [1.165, 1.54) is 12.1 Å². The summed E-state index contributed by atoms with van der Waals surface area (Å²) < 4.78 is 24.1. The van der Waals surface area contributed by atoms with Crippen LogP contribution in [-0.4, -0.2) is 52.5 Å². The number of nitrogens with zero attached hydrogens (tertiary/aromatic N) is 1. The average Bonchev–Trinajstić information content (AvgIpc) is 2.63. The van der Waals surface area contributed by atoms with Crippen molar-refractivity contribution in [2.75, 3.05) is 46.6 Å². The van der Waals surface area contributed by atoms with Crippen LogP contribution in [0.15, 0.2) is 29.3 Å². The average molecular weight is 495 g/mol. The van der Waals surface area contributed by atoms with E-state index in [4.69, 9.17) is 9.47 Å². The van der Waals surface area contributed by atoms with Crippen molar-refractivity contribution in [3.05, 3.63) is 35.6 Å². The zero-order valence-electron chi connectivity index (χ0n) is 17.0. The topological polar surface area (TPSA) is 54.9 Å². The summed E-state index contributed by atoms with van der Waals surface area (Å²) in [4.78, 5) is 4.22. The number of unbranched alkanes of at least 4 members (excludes halogenated alkanes) is 1. The lowest BCUT2D eigenvalue weighted by molar-refractivity contribution is 0.0487. The van der Waals surface area contributed by atoms with Crippen LogP contribution >= 0.6 is 24.0 Å². The number of aliphatic imine (C=N–C) groups is 1. The van der Waals surface area contributed by atoms with Crippen molar-refractivity contribution in [2.24, 2.45) is 4.99 Å². The van der Waals surface area contributed by atoms with E-state index in [2.05, 4.69) is 36.4 Å². The summed E-state index contributed by atoms with van der Waals surface area (Å²) in [6, 6.07) is 6.63. The predicted octanol–water partition coefficient (Wildman–Crippen LogP) is 3.72. The van der Waals surface area contributed by atoms with Gasteiger partial charge in [0.15, 0.2) is 5.96 Å². The molecular weight excluding hydrogens is 460 g/mol. The van der Waals surface area contributed by atoms with Gasteiger partial charge in [-0.05, 0) is 24.1 Å². The number of hydrogen-bond donors (Lipinski definition) is 2. The molecule has 0 aliphatic carbocycles. The minimum absolute atomic E-state index is 0. The van der Waals surface area contributed by atoms with E-state index in [9.17, 15) is 4.39 Å². The molecule has 27 heavy (non-hydrogen) atoms. The molecule has 0 fully saturated rings. The first-order valence-corrected chi connectivity index (χ1v) is 9.35. The fraction of sp³-hybridized carbons (Fsp3) is 0.650. The van der Waals surface area contributed by atoms with Crippen LogP contribution in [0.25, 0.3) is 0 Å². The zero-order valence-corrected chi connectivity index (χ0v) is 19.3. The summed E-state index contributed by atoms with van der Waals surface area (Å²) in [5.41, 5.74) is 0.936. The Morgan fingerprint density at radius 1 is 1.04 bits per heavy atom. The van der Waals surface area contributed by atoms with Crippen molar-refractivity contribution in [2.45, 2.75) is 39.0 Å². The number of halogens is 2. The molecular formula is C20H35FIN3O2. The molecule has 1 aromatic carbocycles. The van der Waals surface area contributed by atoms with Crippen molar-refractivity contribution >= 4 is 29.9 Å². The first-order chi connectivity index (χ1) is 12.5. The number of hydrogen-bond acceptors (Lipinski definition) is 3. The standard InChI is InChI=1S/C20H34FN3O2.HI/c1-5-6-12-25-14-15-26-13-11-23-19(22-4)24-16-20(2,3)17-7-9-18(21)10-8-17;/h7-10H,5-6,11-16H2,1-4H3,(H2,22,23,24);1H. The van der Waals surface area contributed by atoms with E-state index in [-0.39, 0.29) is 35.2 Å². The van der Waals surface area contributed by atoms with Gasteiger partial charge < -0.3 is 20.1 Å². The van der Waals surface area contributed by atoms with E-state index in [1.807, 2.05) is 12.1 Å². The van der Waals surface area contributed by atoms with Crippen LogP contribution in [0.5, 0.6) is 0 Å². The lowest BCUT2D eigenvalue weighted by Crippen LogP contribution is -2.44. The molecule has 0 saturated heterocycles. The number of benzene rings is 1. The summed E-state index contributed by atoms with van der Waals surface area (Å²) in [5.74, 6) is 0.508. The van der Waals surface area contributed by atoms with Crippen LogP contribution in [0.1, 0.15) is 39.2 Å². The van der Waals surface area contributed by atoms with Gasteiger partial charge in [-0.3, -0.25) is 4.99 Å². The van der Waals surface area contributed by atoms with E-state index in [0.29, 0.717) is 32.9 Å². The molecule has 1 rings (SSSR count). The Morgan fingerprint density at radius 2 is 1.67 bits per heavy atom. The number of rotatable bonds is 12. The van der Waals surface area contributed by atoms with Crippen LogP contribution < -0.4 is 10.6 Å². The lowest BCUT2D eigenvalue weighted by atomic mass is 9.84. The highest BCUT2D eigenvalue weighted by atomic mass is 127. The number of ether oxygens (including phenoxy) is 2. The Kier molecular flexibility index (Phi) is 14.5. The Morgan fingerprint density at radius 3 is 2.26 bits per heavy atom. The molecule has 0 aliphatic heterocycles. The van der Waals surface area contributed by atoms with Gasteiger partial charge in [0.25, 0.3) is 0 Å². The summed E-state index contributed by atoms with van der Waals surface area (Å²) >= 11 is 0. The minimum atomic E-state index is -0.217. The number of guanidine groups is 1. The molecule has 7 heteroatoms. The molecule has 0 saturated carbocycles. The minimum Gasteiger partial charge on any atom is -0.379 e. The Hall–Kier alpha value is -0.930. The maximum atomic E-state index is 13.1. The van der Waals surface area contributed by atoms with Gasteiger partial charge in [0, 0.05) is 32.2 Å². The summed E-state index contributed by atoms with van der Waals surface area (Å²) in [6.07, 6.45) is 2.24.